The number of halogens is 2. The summed E-state index contributed by atoms with van der Waals surface area (Å²) in [5, 5.41) is 0. The predicted octanol–water partition coefficient (Wildman–Crippen LogP) is 2.63. The van der Waals surface area contributed by atoms with Gasteiger partial charge in [0.2, 0.25) is 0 Å². The van der Waals surface area contributed by atoms with Gasteiger partial charge >= 0.3 is 0 Å². The zero-order chi connectivity index (χ0) is 5.70. The average Bonchev–Trinajstić information content (AvgIpc) is 1.61. The van der Waals surface area contributed by atoms with Crippen molar-refractivity contribution in [1.29, 1.82) is 0 Å². The third-order valence-corrected chi connectivity index (χ3v) is 0.995. The summed E-state index contributed by atoms with van der Waals surface area (Å²) in [7, 11) is 0. The Hall–Kier alpha value is 0.670. The largest absolute Gasteiger partial charge is 0.179 e. The summed E-state index contributed by atoms with van der Waals surface area (Å²) in [6.45, 7) is 0. The Bertz CT molecular complexity index is 66.1. The highest BCUT2D eigenvalue weighted by Gasteiger charge is 1.78. The Labute approximate surface area is 58.9 Å². The van der Waals surface area contributed by atoms with Crippen molar-refractivity contribution in [1.82, 2.24) is 0 Å². The monoisotopic (exact) mass is 156 g/mol. The molecular weight excluding hydrogens is 151 g/mol. The van der Waals surface area contributed by atoms with Gasteiger partial charge in [0.05, 0.1) is 0 Å². The van der Waals surface area contributed by atoms with E-state index in [0.717, 1.165) is 12.2 Å². The van der Waals surface area contributed by atoms with Crippen LogP contribution in [-0.2, 0) is 0 Å². The summed E-state index contributed by atoms with van der Waals surface area (Å²) in [5.74, 6) is 0.795. The van der Waals surface area contributed by atoms with Crippen LogP contribution in [0.1, 0.15) is 6.42 Å². The van der Waals surface area contributed by atoms with Gasteiger partial charge in [-0.25, -0.2) is 0 Å². The first-order valence-electron chi connectivity index (χ1n) is 1.89. The highest BCUT2D eigenvalue weighted by Crippen LogP contribution is 2.06. The molecule has 0 rings (SSSR count). The molecule has 0 atom stereocenters. The second-order valence-electron chi connectivity index (χ2n) is 1.01. The summed E-state index contributed by atoms with van der Waals surface area (Å²) in [5.41, 5.74) is 0. The van der Waals surface area contributed by atoms with Gasteiger partial charge < -0.3 is 0 Å². The van der Waals surface area contributed by atoms with E-state index in [1.807, 2.05) is 0 Å². The molecule has 0 fully saturated rings. The molecule has 7 heavy (non-hydrogen) atoms. The lowest BCUT2D eigenvalue weighted by molar-refractivity contribution is 1.25. The average molecular weight is 157 g/mol. The molecule has 0 bridgehead atoms. The van der Waals surface area contributed by atoms with E-state index < -0.39 is 0 Å². The fourth-order valence-electron chi connectivity index (χ4n) is 0.174. The summed E-state index contributed by atoms with van der Waals surface area (Å²) in [4.78, 5) is 0. The molecular formula is C4H6Cl2S. The summed E-state index contributed by atoms with van der Waals surface area (Å²) in [6.07, 6.45) is 2.56. The van der Waals surface area contributed by atoms with E-state index in [2.05, 4.69) is 12.6 Å². The number of allylic oxidation sites excluding steroid dienone is 1. The Balaban J connectivity index is 3.08. The first-order chi connectivity index (χ1) is 3.27. The van der Waals surface area contributed by atoms with Crippen molar-refractivity contribution in [3.8, 4) is 0 Å². The molecule has 0 aliphatic heterocycles. The maximum absolute atomic E-state index is 5.25. The van der Waals surface area contributed by atoms with Gasteiger partial charge in [-0.15, -0.1) is 0 Å². The van der Waals surface area contributed by atoms with E-state index in [1.54, 1.807) is 6.08 Å². The Morgan fingerprint density at radius 2 is 2.14 bits per heavy atom. The molecule has 42 valence electrons. The molecule has 0 radical (unpaired) electrons. The van der Waals surface area contributed by atoms with Crippen LogP contribution in [0.15, 0.2) is 10.6 Å². The van der Waals surface area contributed by atoms with Crippen LogP contribution in [0.25, 0.3) is 0 Å². The zero-order valence-electron chi connectivity index (χ0n) is 3.69. The maximum Gasteiger partial charge on any atom is 0.102 e. The normalized spacial score (nSPS) is 8.43. The Morgan fingerprint density at radius 3 is 2.29 bits per heavy atom. The maximum atomic E-state index is 5.25. The topological polar surface area (TPSA) is 0 Å². The molecule has 0 heterocycles. The lowest BCUT2D eigenvalue weighted by Crippen LogP contribution is -1.64. The van der Waals surface area contributed by atoms with Gasteiger partial charge in [0.15, 0.2) is 0 Å². The number of thiol groups is 1. The third-order valence-electron chi connectivity index (χ3n) is 0.428. The summed E-state index contributed by atoms with van der Waals surface area (Å²) < 4.78 is 0.328. The van der Waals surface area contributed by atoms with Gasteiger partial charge in [-0.2, -0.15) is 12.6 Å². The van der Waals surface area contributed by atoms with Crippen molar-refractivity contribution in [2.24, 2.45) is 0 Å². The quantitative estimate of drug-likeness (QED) is 0.585. The minimum atomic E-state index is 0.328. The molecule has 0 saturated heterocycles. The van der Waals surface area contributed by atoms with E-state index in [4.69, 9.17) is 23.2 Å². The van der Waals surface area contributed by atoms with Crippen LogP contribution in [0, 0.1) is 0 Å². The molecule has 0 N–H and O–H groups in total. The first-order valence-corrected chi connectivity index (χ1v) is 3.28. The lowest BCUT2D eigenvalue weighted by atomic mass is 10.5. The summed E-state index contributed by atoms with van der Waals surface area (Å²) in [6, 6.07) is 0. The first kappa shape index (κ1) is 7.67. The molecule has 0 nitrogen and oxygen atoms in total. The molecule has 0 aliphatic rings. The highest BCUT2D eigenvalue weighted by atomic mass is 35.5. The third kappa shape index (κ3) is 6.67. The Morgan fingerprint density at radius 1 is 1.57 bits per heavy atom. The molecule has 0 amide bonds. The fourth-order valence-corrected chi connectivity index (χ4v) is 0.521. The standard InChI is InChI=1S/C4H6Cl2S/c5-4(6)2-1-3-7/h2,7H,1,3H2. The number of hydrogen-bond donors (Lipinski definition) is 1. The number of hydrogen-bond acceptors (Lipinski definition) is 1. The molecule has 3 heteroatoms. The fraction of sp³-hybridized carbons (Fsp3) is 0.500. The SMILES string of the molecule is SCCC=C(Cl)Cl. The van der Waals surface area contributed by atoms with Gasteiger partial charge in [0.25, 0.3) is 0 Å². The van der Waals surface area contributed by atoms with Crippen molar-refractivity contribution < 1.29 is 0 Å². The zero-order valence-corrected chi connectivity index (χ0v) is 6.10. The van der Waals surface area contributed by atoms with Crippen LogP contribution in [0.4, 0.5) is 0 Å². The molecule has 0 aliphatic carbocycles. The molecule has 0 aromatic rings. The van der Waals surface area contributed by atoms with Crippen molar-refractivity contribution in [3.05, 3.63) is 10.6 Å². The van der Waals surface area contributed by atoms with Crippen LogP contribution in [0.3, 0.4) is 0 Å². The second kappa shape index (κ2) is 4.82. The minimum Gasteiger partial charge on any atom is -0.179 e. The van der Waals surface area contributed by atoms with Gasteiger partial charge in [0.1, 0.15) is 4.49 Å². The van der Waals surface area contributed by atoms with Gasteiger partial charge in [0, 0.05) is 0 Å². The number of rotatable bonds is 2. The summed E-state index contributed by atoms with van der Waals surface area (Å²) >= 11 is 14.4. The lowest BCUT2D eigenvalue weighted by Gasteiger charge is -1.80. The second-order valence-corrected chi connectivity index (χ2v) is 2.46. The van der Waals surface area contributed by atoms with E-state index in [0.29, 0.717) is 4.49 Å². The van der Waals surface area contributed by atoms with Crippen LogP contribution in [-0.4, -0.2) is 5.75 Å². The predicted molar refractivity (Wildman–Crippen MR) is 38.3 cm³/mol. The van der Waals surface area contributed by atoms with Crippen molar-refractivity contribution in [3.63, 3.8) is 0 Å². The molecule has 0 aromatic carbocycles. The highest BCUT2D eigenvalue weighted by molar-refractivity contribution is 7.80. The molecule has 0 saturated carbocycles. The van der Waals surface area contributed by atoms with E-state index in [1.165, 1.54) is 0 Å². The van der Waals surface area contributed by atoms with Gasteiger partial charge in [-0.1, -0.05) is 29.3 Å². The van der Waals surface area contributed by atoms with Crippen LogP contribution >= 0.6 is 35.8 Å². The van der Waals surface area contributed by atoms with Crippen molar-refractivity contribution in [2.45, 2.75) is 6.42 Å². The van der Waals surface area contributed by atoms with Gasteiger partial charge in [-0.05, 0) is 12.2 Å². The van der Waals surface area contributed by atoms with Crippen LogP contribution < -0.4 is 0 Å². The Kier molecular flexibility index (Phi) is 5.28. The smallest absolute Gasteiger partial charge is 0.102 e. The molecule has 0 aromatic heterocycles. The van der Waals surface area contributed by atoms with Crippen LogP contribution in [0.5, 0.6) is 0 Å². The van der Waals surface area contributed by atoms with Crippen LogP contribution in [0.2, 0.25) is 0 Å². The molecule has 0 unspecified atom stereocenters. The van der Waals surface area contributed by atoms with E-state index >= 15 is 0 Å². The molecule has 0 spiro atoms. The minimum absolute atomic E-state index is 0.328. The van der Waals surface area contributed by atoms with E-state index in [-0.39, 0.29) is 0 Å². The van der Waals surface area contributed by atoms with Crippen molar-refractivity contribution >= 4 is 35.8 Å². The van der Waals surface area contributed by atoms with Crippen molar-refractivity contribution in [2.75, 3.05) is 5.75 Å². The van der Waals surface area contributed by atoms with E-state index in [9.17, 15) is 0 Å². The van der Waals surface area contributed by atoms with Gasteiger partial charge in [-0.3, -0.25) is 0 Å².